The number of fused-ring (bicyclic) bond motifs is 2. The molecular formula is C21H25N5O2. The number of pyridine rings is 2. The Morgan fingerprint density at radius 1 is 1.32 bits per heavy atom. The molecule has 28 heavy (non-hydrogen) atoms. The van der Waals surface area contributed by atoms with Gasteiger partial charge < -0.3 is 9.88 Å². The molecule has 0 aliphatic carbocycles. The first-order valence-corrected chi connectivity index (χ1v) is 9.57. The van der Waals surface area contributed by atoms with Crippen molar-refractivity contribution in [3.8, 4) is 0 Å². The molecule has 0 unspecified atom stereocenters. The third kappa shape index (κ3) is 3.74. The highest BCUT2D eigenvalue weighted by Crippen LogP contribution is 2.10. The fourth-order valence-electron chi connectivity index (χ4n) is 3.22. The van der Waals surface area contributed by atoms with Gasteiger partial charge in [-0.05, 0) is 24.6 Å². The lowest BCUT2D eigenvalue weighted by Gasteiger charge is -2.13. The zero-order chi connectivity index (χ0) is 20.1. The van der Waals surface area contributed by atoms with Crippen LogP contribution < -0.4 is 16.4 Å². The van der Waals surface area contributed by atoms with Gasteiger partial charge in [0.2, 0.25) is 0 Å². The summed E-state index contributed by atoms with van der Waals surface area (Å²) in [6.07, 6.45) is 7.46. The number of rotatable bonds is 8. The molecule has 0 spiro atoms. The zero-order valence-electron chi connectivity index (χ0n) is 16.1. The van der Waals surface area contributed by atoms with Crippen LogP contribution in [-0.2, 0) is 6.54 Å². The van der Waals surface area contributed by atoms with Crippen LogP contribution in [0.2, 0.25) is 0 Å². The number of nitrogens with one attached hydrogen (secondary N) is 2. The minimum Gasteiger partial charge on any atom is -0.352 e. The molecule has 3 aromatic rings. The van der Waals surface area contributed by atoms with Gasteiger partial charge in [-0.2, -0.15) is 0 Å². The van der Waals surface area contributed by atoms with E-state index in [1.807, 2.05) is 0 Å². The first kappa shape index (κ1) is 19.5. The van der Waals surface area contributed by atoms with Gasteiger partial charge in [0.25, 0.3) is 11.5 Å². The molecule has 0 saturated heterocycles. The second kappa shape index (κ2) is 8.65. The Labute approximate surface area is 162 Å². The SMILES string of the molecule is C=CCn1c(=N)c(C(=O)NCCCCCC)cc2c(=O)n3ccccc3nc21. The number of carbonyl (C=O) groups excluding carboxylic acids is 1. The van der Waals surface area contributed by atoms with Crippen molar-refractivity contribution in [2.45, 2.75) is 39.2 Å². The second-order valence-corrected chi connectivity index (χ2v) is 6.71. The summed E-state index contributed by atoms with van der Waals surface area (Å²) in [4.78, 5) is 30.2. The third-order valence-electron chi connectivity index (χ3n) is 4.69. The molecule has 1 amide bonds. The maximum Gasteiger partial charge on any atom is 0.267 e. The van der Waals surface area contributed by atoms with Crippen molar-refractivity contribution in [1.29, 1.82) is 5.41 Å². The topological polar surface area (TPSA) is 92.2 Å². The van der Waals surface area contributed by atoms with Gasteiger partial charge in [0.15, 0.2) is 0 Å². The quantitative estimate of drug-likeness (QED) is 0.358. The monoisotopic (exact) mass is 379 g/mol. The fourth-order valence-corrected chi connectivity index (χ4v) is 3.22. The van der Waals surface area contributed by atoms with Crippen LogP contribution in [0, 0.1) is 5.41 Å². The van der Waals surface area contributed by atoms with Gasteiger partial charge in [-0.25, -0.2) is 4.98 Å². The van der Waals surface area contributed by atoms with Crippen LogP contribution in [-0.4, -0.2) is 26.4 Å². The van der Waals surface area contributed by atoms with Crippen molar-refractivity contribution < 1.29 is 4.79 Å². The lowest BCUT2D eigenvalue weighted by Crippen LogP contribution is -2.35. The highest BCUT2D eigenvalue weighted by molar-refractivity contribution is 5.96. The Bertz CT molecular complexity index is 1140. The van der Waals surface area contributed by atoms with Crippen LogP contribution in [0.15, 0.2) is 47.9 Å². The molecule has 0 bridgehead atoms. The van der Waals surface area contributed by atoms with Crippen molar-refractivity contribution in [3.63, 3.8) is 0 Å². The molecule has 3 heterocycles. The lowest BCUT2D eigenvalue weighted by atomic mass is 10.1. The number of hydrogen-bond donors (Lipinski definition) is 2. The van der Waals surface area contributed by atoms with Gasteiger partial charge in [0.1, 0.15) is 16.8 Å². The van der Waals surface area contributed by atoms with Crippen molar-refractivity contribution in [2.75, 3.05) is 6.54 Å². The summed E-state index contributed by atoms with van der Waals surface area (Å²) in [5.74, 6) is -0.348. The average molecular weight is 379 g/mol. The van der Waals surface area contributed by atoms with Crippen LogP contribution in [0.3, 0.4) is 0 Å². The first-order valence-electron chi connectivity index (χ1n) is 9.57. The molecule has 3 aromatic heterocycles. The molecule has 0 aromatic carbocycles. The molecule has 7 nitrogen and oxygen atoms in total. The summed E-state index contributed by atoms with van der Waals surface area (Å²) in [5.41, 5.74) is 0.784. The maximum atomic E-state index is 13.0. The van der Waals surface area contributed by atoms with Crippen LogP contribution in [0.5, 0.6) is 0 Å². The fraction of sp³-hybridized carbons (Fsp3) is 0.333. The molecule has 0 saturated carbocycles. The molecule has 3 rings (SSSR count). The van der Waals surface area contributed by atoms with Crippen molar-refractivity contribution >= 4 is 22.6 Å². The number of hydrogen-bond acceptors (Lipinski definition) is 4. The van der Waals surface area contributed by atoms with E-state index in [1.165, 1.54) is 10.5 Å². The van der Waals surface area contributed by atoms with Gasteiger partial charge in [0.05, 0.1) is 10.9 Å². The minimum absolute atomic E-state index is 0.0191. The Kier molecular flexibility index (Phi) is 6.03. The van der Waals surface area contributed by atoms with Gasteiger partial charge >= 0.3 is 0 Å². The maximum absolute atomic E-state index is 13.0. The summed E-state index contributed by atoms with van der Waals surface area (Å²) >= 11 is 0. The Morgan fingerprint density at radius 2 is 2.14 bits per heavy atom. The number of nitrogens with zero attached hydrogens (tertiary/aromatic N) is 3. The van der Waals surface area contributed by atoms with E-state index < -0.39 is 0 Å². The van der Waals surface area contributed by atoms with Crippen molar-refractivity contribution in [2.24, 2.45) is 0 Å². The van der Waals surface area contributed by atoms with Crippen LogP contribution in [0.25, 0.3) is 16.7 Å². The first-order chi connectivity index (χ1) is 13.6. The smallest absolute Gasteiger partial charge is 0.267 e. The minimum atomic E-state index is -0.348. The molecule has 0 aliphatic heterocycles. The number of unbranched alkanes of at least 4 members (excludes halogenated alkanes) is 3. The van der Waals surface area contributed by atoms with Gasteiger partial charge in [-0.15, -0.1) is 6.58 Å². The summed E-state index contributed by atoms with van der Waals surface area (Å²) in [6, 6.07) is 6.77. The Balaban J connectivity index is 2.10. The average Bonchev–Trinajstić information content (AvgIpc) is 2.70. The van der Waals surface area contributed by atoms with Crippen LogP contribution in [0.1, 0.15) is 43.0 Å². The van der Waals surface area contributed by atoms with E-state index in [4.69, 9.17) is 5.41 Å². The standard InChI is InChI=1S/C21H25N5O2/c1-3-5-6-8-11-23-20(27)15-14-16-19(26(12-4-2)18(15)22)24-17-10-7-9-13-25(17)21(16)28/h4,7,9-10,13-14,22H,2-3,5-6,8,11-12H2,1H3,(H,23,27). The second-order valence-electron chi connectivity index (χ2n) is 6.71. The molecule has 146 valence electrons. The third-order valence-corrected chi connectivity index (χ3v) is 4.69. The lowest BCUT2D eigenvalue weighted by molar-refractivity contribution is 0.0950. The van der Waals surface area contributed by atoms with Gasteiger partial charge in [-0.3, -0.25) is 19.4 Å². The van der Waals surface area contributed by atoms with Crippen LogP contribution in [0.4, 0.5) is 0 Å². The number of aromatic nitrogens is 3. The predicted octanol–water partition coefficient (Wildman–Crippen LogP) is 2.62. The number of carbonyl (C=O) groups is 1. The summed E-state index contributed by atoms with van der Waals surface area (Å²) in [7, 11) is 0. The van der Waals surface area contributed by atoms with E-state index in [1.54, 1.807) is 35.0 Å². The van der Waals surface area contributed by atoms with E-state index in [0.29, 0.717) is 23.2 Å². The van der Waals surface area contributed by atoms with Crippen LogP contribution >= 0.6 is 0 Å². The predicted molar refractivity (Wildman–Crippen MR) is 109 cm³/mol. The molecule has 0 fully saturated rings. The Hall–Kier alpha value is -3.22. The molecule has 0 aliphatic rings. The van der Waals surface area contributed by atoms with Gasteiger partial charge in [-0.1, -0.05) is 38.3 Å². The molecule has 0 atom stereocenters. The number of amides is 1. The summed E-state index contributed by atoms with van der Waals surface area (Å²) < 4.78 is 2.99. The number of allylic oxidation sites excluding steroid dienone is 1. The van der Waals surface area contributed by atoms with E-state index in [0.717, 1.165) is 25.7 Å². The normalized spacial score (nSPS) is 11.0. The van der Waals surface area contributed by atoms with E-state index in [9.17, 15) is 9.59 Å². The van der Waals surface area contributed by atoms with Crippen molar-refractivity contribution in [3.05, 3.63) is 64.5 Å². The van der Waals surface area contributed by atoms with Gasteiger partial charge in [0, 0.05) is 19.3 Å². The highest BCUT2D eigenvalue weighted by atomic mass is 16.1. The zero-order valence-corrected chi connectivity index (χ0v) is 16.1. The van der Waals surface area contributed by atoms with E-state index in [2.05, 4.69) is 23.8 Å². The van der Waals surface area contributed by atoms with E-state index in [-0.39, 0.29) is 29.1 Å². The summed E-state index contributed by atoms with van der Waals surface area (Å²) in [6.45, 7) is 6.69. The largest absolute Gasteiger partial charge is 0.352 e. The Morgan fingerprint density at radius 3 is 2.89 bits per heavy atom. The highest BCUT2D eigenvalue weighted by Gasteiger charge is 2.16. The molecular weight excluding hydrogens is 354 g/mol. The summed E-state index contributed by atoms with van der Waals surface area (Å²) in [5, 5.41) is 11.7. The van der Waals surface area contributed by atoms with Crippen molar-refractivity contribution in [1.82, 2.24) is 19.3 Å². The molecule has 2 N–H and O–H groups in total. The van der Waals surface area contributed by atoms with E-state index >= 15 is 0 Å². The molecule has 0 radical (unpaired) electrons. The molecule has 7 heteroatoms.